The van der Waals surface area contributed by atoms with Crippen LogP contribution in [0.1, 0.15) is 27.8 Å². The molecule has 0 bridgehead atoms. The molecule has 31 heavy (non-hydrogen) atoms. The molecule has 162 valence electrons. The maximum Gasteiger partial charge on any atom is 0.287 e. The number of carbonyl (C=O) groups is 2. The van der Waals surface area contributed by atoms with Crippen LogP contribution in [-0.4, -0.2) is 48.2 Å². The third kappa shape index (κ3) is 5.75. The van der Waals surface area contributed by atoms with Gasteiger partial charge < -0.3 is 5.11 Å². The molecule has 2 amide bonds. The number of aromatic amines is 1. The number of nitrogens with one attached hydrogen (secondary N) is 4. The Balaban J connectivity index is 1.58. The lowest BCUT2D eigenvalue weighted by Gasteiger charge is -2.09. The molecule has 5 N–H and O–H groups in total. The van der Waals surface area contributed by atoms with E-state index in [4.69, 9.17) is 0 Å². The summed E-state index contributed by atoms with van der Waals surface area (Å²) in [7, 11) is -3.80. The first-order valence-electron chi connectivity index (χ1n) is 9.25. The van der Waals surface area contributed by atoms with Gasteiger partial charge >= 0.3 is 0 Å². The van der Waals surface area contributed by atoms with Crippen LogP contribution in [-0.2, 0) is 10.0 Å². The number of hydrogen-bond acceptors (Lipinski definition) is 6. The van der Waals surface area contributed by atoms with Crippen molar-refractivity contribution in [3.05, 3.63) is 71.9 Å². The zero-order valence-corrected chi connectivity index (χ0v) is 17.3. The fourth-order valence-electron chi connectivity index (χ4n) is 2.55. The van der Waals surface area contributed by atoms with Gasteiger partial charge in [0.05, 0.1) is 16.7 Å². The van der Waals surface area contributed by atoms with Crippen molar-refractivity contribution < 1.29 is 23.1 Å². The van der Waals surface area contributed by atoms with Gasteiger partial charge in [0.2, 0.25) is 10.0 Å². The van der Waals surface area contributed by atoms with Gasteiger partial charge in [0.1, 0.15) is 5.69 Å². The molecule has 0 saturated carbocycles. The molecule has 3 aromatic rings. The number of hydrazine groups is 1. The molecule has 3 rings (SSSR count). The van der Waals surface area contributed by atoms with Crippen LogP contribution in [0.2, 0.25) is 0 Å². The van der Waals surface area contributed by atoms with E-state index >= 15 is 0 Å². The third-order valence-corrected chi connectivity index (χ3v) is 5.62. The van der Waals surface area contributed by atoms with Gasteiger partial charge in [-0.25, -0.2) is 13.1 Å². The predicted molar refractivity (Wildman–Crippen MR) is 112 cm³/mol. The molecule has 2 aromatic carbocycles. The monoisotopic (exact) mass is 443 g/mol. The lowest BCUT2D eigenvalue weighted by Crippen LogP contribution is -2.41. The largest absolute Gasteiger partial charge is 0.392 e. The predicted octanol–water partition coefficient (Wildman–Crippen LogP) is 0.811. The van der Waals surface area contributed by atoms with E-state index < -0.39 is 27.9 Å². The van der Waals surface area contributed by atoms with E-state index in [0.717, 1.165) is 5.56 Å². The summed E-state index contributed by atoms with van der Waals surface area (Å²) in [5.41, 5.74) is 6.25. The van der Waals surface area contributed by atoms with Gasteiger partial charge in [-0.05, 0) is 37.3 Å². The van der Waals surface area contributed by atoms with E-state index in [1.807, 2.05) is 30.3 Å². The first kappa shape index (κ1) is 22.2. The fraction of sp³-hybridized carbons (Fsp3) is 0.150. The third-order valence-electron chi connectivity index (χ3n) is 4.18. The number of benzene rings is 2. The van der Waals surface area contributed by atoms with Gasteiger partial charge in [-0.3, -0.25) is 25.5 Å². The van der Waals surface area contributed by atoms with Crippen LogP contribution in [0.4, 0.5) is 0 Å². The zero-order valence-electron chi connectivity index (χ0n) is 16.5. The van der Waals surface area contributed by atoms with Gasteiger partial charge in [0.25, 0.3) is 11.8 Å². The number of H-pyrrole nitrogens is 1. The molecule has 0 spiro atoms. The summed E-state index contributed by atoms with van der Waals surface area (Å²) in [6.45, 7) is 1.33. The Kier molecular flexibility index (Phi) is 6.80. The lowest BCUT2D eigenvalue weighted by atomic mass is 10.1. The number of carbonyl (C=O) groups excluding carboxylic acids is 2. The number of aliphatic hydroxyl groups excluding tert-OH is 1. The Labute approximate surface area is 178 Å². The highest BCUT2D eigenvalue weighted by Crippen LogP contribution is 2.16. The molecule has 0 fully saturated rings. The molecule has 0 radical (unpaired) electrons. The van der Waals surface area contributed by atoms with Crippen molar-refractivity contribution in [2.45, 2.75) is 17.9 Å². The average Bonchev–Trinajstić information content (AvgIpc) is 3.27. The molecule has 1 aromatic heterocycles. The first-order chi connectivity index (χ1) is 14.8. The van der Waals surface area contributed by atoms with Crippen LogP contribution in [0, 0.1) is 0 Å². The Morgan fingerprint density at radius 1 is 1.03 bits per heavy atom. The van der Waals surface area contributed by atoms with E-state index in [-0.39, 0.29) is 22.7 Å². The number of rotatable bonds is 7. The quantitative estimate of drug-likeness (QED) is 0.341. The highest BCUT2D eigenvalue weighted by Gasteiger charge is 2.16. The van der Waals surface area contributed by atoms with Gasteiger partial charge in [-0.2, -0.15) is 5.10 Å². The Bertz CT molecular complexity index is 1160. The minimum atomic E-state index is -3.80. The van der Waals surface area contributed by atoms with E-state index in [0.29, 0.717) is 5.69 Å². The molecule has 0 aliphatic carbocycles. The molecule has 0 aliphatic rings. The van der Waals surface area contributed by atoms with E-state index in [2.05, 4.69) is 25.8 Å². The molecule has 0 aliphatic heterocycles. The Hall–Kier alpha value is -3.54. The summed E-state index contributed by atoms with van der Waals surface area (Å²) in [5.74, 6) is -1.22. The molecular formula is C20H21N5O5S. The van der Waals surface area contributed by atoms with Crippen molar-refractivity contribution >= 4 is 21.8 Å². The number of nitrogens with zero attached hydrogens (tertiary/aromatic N) is 1. The first-order valence-corrected chi connectivity index (χ1v) is 10.7. The maximum absolute atomic E-state index is 12.2. The topological polar surface area (TPSA) is 153 Å². The number of aliphatic hydroxyl groups is 1. The average molecular weight is 443 g/mol. The van der Waals surface area contributed by atoms with E-state index in [1.165, 1.54) is 31.2 Å². The summed E-state index contributed by atoms with van der Waals surface area (Å²) in [5, 5.41) is 15.9. The van der Waals surface area contributed by atoms with Gasteiger partial charge in [-0.15, -0.1) is 0 Å². The van der Waals surface area contributed by atoms with Crippen molar-refractivity contribution in [2.75, 3.05) is 6.54 Å². The summed E-state index contributed by atoms with van der Waals surface area (Å²) < 4.78 is 26.5. The van der Waals surface area contributed by atoms with Crippen molar-refractivity contribution in [3.8, 4) is 11.3 Å². The highest BCUT2D eigenvalue weighted by molar-refractivity contribution is 7.89. The second-order valence-corrected chi connectivity index (χ2v) is 8.43. The molecule has 10 nitrogen and oxygen atoms in total. The lowest BCUT2D eigenvalue weighted by molar-refractivity contribution is 0.0844. The van der Waals surface area contributed by atoms with Gasteiger partial charge in [-0.1, -0.05) is 30.3 Å². The molecule has 1 heterocycles. The second-order valence-electron chi connectivity index (χ2n) is 6.67. The number of aromatic nitrogens is 2. The summed E-state index contributed by atoms with van der Waals surface area (Å²) >= 11 is 0. The van der Waals surface area contributed by atoms with Crippen LogP contribution >= 0.6 is 0 Å². The number of amides is 2. The summed E-state index contributed by atoms with van der Waals surface area (Å²) in [6, 6.07) is 15.9. The van der Waals surface area contributed by atoms with E-state index in [9.17, 15) is 23.1 Å². The Morgan fingerprint density at radius 3 is 2.32 bits per heavy atom. The van der Waals surface area contributed by atoms with Crippen molar-refractivity contribution in [2.24, 2.45) is 0 Å². The highest BCUT2D eigenvalue weighted by atomic mass is 32.2. The molecular weight excluding hydrogens is 422 g/mol. The Morgan fingerprint density at radius 2 is 1.68 bits per heavy atom. The summed E-state index contributed by atoms with van der Waals surface area (Å²) in [6.07, 6.45) is -0.831. The minimum absolute atomic E-state index is 0.0559. The second kappa shape index (κ2) is 9.51. The number of sulfonamides is 1. The van der Waals surface area contributed by atoms with Crippen molar-refractivity contribution in [1.29, 1.82) is 0 Å². The maximum atomic E-state index is 12.2. The van der Waals surface area contributed by atoms with Crippen LogP contribution in [0.3, 0.4) is 0 Å². The van der Waals surface area contributed by atoms with Crippen LogP contribution < -0.4 is 15.6 Å². The van der Waals surface area contributed by atoms with Gasteiger partial charge in [0.15, 0.2) is 0 Å². The molecule has 11 heteroatoms. The van der Waals surface area contributed by atoms with Crippen LogP contribution in [0.5, 0.6) is 0 Å². The van der Waals surface area contributed by atoms with Crippen LogP contribution in [0.25, 0.3) is 11.3 Å². The van der Waals surface area contributed by atoms with Crippen molar-refractivity contribution in [3.63, 3.8) is 0 Å². The van der Waals surface area contributed by atoms with Gasteiger partial charge in [0, 0.05) is 17.7 Å². The zero-order chi connectivity index (χ0) is 22.4. The smallest absolute Gasteiger partial charge is 0.287 e. The molecule has 0 saturated heterocycles. The SMILES string of the molecule is CC(O)CNS(=O)(=O)c1ccc(C(=O)NNC(=O)c2cc(-c3ccccc3)n[nH]2)cc1. The molecule has 1 atom stereocenters. The minimum Gasteiger partial charge on any atom is -0.392 e. The molecule has 1 unspecified atom stereocenters. The fourth-order valence-corrected chi connectivity index (χ4v) is 3.67. The number of hydrogen-bond donors (Lipinski definition) is 5. The van der Waals surface area contributed by atoms with Crippen LogP contribution in [0.15, 0.2) is 65.6 Å². The van der Waals surface area contributed by atoms with E-state index in [1.54, 1.807) is 6.07 Å². The summed E-state index contributed by atoms with van der Waals surface area (Å²) in [4.78, 5) is 24.4. The van der Waals surface area contributed by atoms with Crippen molar-refractivity contribution in [1.82, 2.24) is 25.8 Å². The normalized spacial score (nSPS) is 12.2. The standard InChI is InChI=1S/C20H21N5O5S/c1-13(26)12-21-31(29,30)16-9-7-15(8-10-16)19(27)24-25-20(28)18-11-17(22-23-18)14-5-3-2-4-6-14/h2-11,13,21,26H,12H2,1H3,(H,22,23)(H,24,27)(H,25,28).